The van der Waals surface area contributed by atoms with Crippen LogP contribution in [0.2, 0.25) is 0 Å². The Balaban J connectivity index is 1.73. The molecule has 1 aliphatic heterocycles. The summed E-state index contributed by atoms with van der Waals surface area (Å²) in [6, 6.07) is 5.94. The van der Waals surface area contributed by atoms with E-state index in [0.717, 1.165) is 37.2 Å². The van der Waals surface area contributed by atoms with Crippen molar-refractivity contribution in [3.63, 3.8) is 0 Å². The third-order valence-electron chi connectivity index (χ3n) is 4.66. The summed E-state index contributed by atoms with van der Waals surface area (Å²) in [5.74, 6) is 0.746. The second-order valence-electron chi connectivity index (χ2n) is 6.49. The molecule has 2 rings (SSSR count). The number of benzene rings is 1. The van der Waals surface area contributed by atoms with Gasteiger partial charge < -0.3 is 19.5 Å². The van der Waals surface area contributed by atoms with E-state index < -0.39 is 6.10 Å². The highest BCUT2D eigenvalue weighted by molar-refractivity contribution is 5.72. The number of aryl methyl sites for hydroxylation is 1. The summed E-state index contributed by atoms with van der Waals surface area (Å²) in [6.07, 6.45) is 1.05. The highest BCUT2D eigenvalue weighted by Gasteiger charge is 2.26. The van der Waals surface area contributed by atoms with Gasteiger partial charge in [-0.05, 0) is 63.9 Å². The summed E-state index contributed by atoms with van der Waals surface area (Å²) in [7, 11) is 0. The number of nitrogens with zero attached hydrogens (tertiary/aromatic N) is 1. The quantitative estimate of drug-likeness (QED) is 0.775. The van der Waals surface area contributed by atoms with Crippen LogP contribution in [-0.2, 0) is 9.53 Å². The SMILES string of the molecule is CCOC(=O)C1CCN(CC(O)COc2cccc(C)c2C)CC1. The van der Waals surface area contributed by atoms with Crippen molar-refractivity contribution in [2.24, 2.45) is 5.92 Å². The molecule has 0 saturated carbocycles. The van der Waals surface area contributed by atoms with E-state index in [-0.39, 0.29) is 18.5 Å². The lowest BCUT2D eigenvalue weighted by Crippen LogP contribution is -2.42. The monoisotopic (exact) mass is 335 g/mol. The Kier molecular flexibility index (Phi) is 7.06. The van der Waals surface area contributed by atoms with Crippen LogP contribution in [0.15, 0.2) is 18.2 Å². The van der Waals surface area contributed by atoms with Crippen LogP contribution in [0, 0.1) is 19.8 Å². The van der Waals surface area contributed by atoms with Gasteiger partial charge in [-0.15, -0.1) is 0 Å². The van der Waals surface area contributed by atoms with Crippen LogP contribution in [0.3, 0.4) is 0 Å². The molecule has 1 fully saturated rings. The molecule has 0 aromatic heterocycles. The molecular formula is C19H29NO4. The van der Waals surface area contributed by atoms with E-state index >= 15 is 0 Å². The number of aliphatic hydroxyl groups is 1. The van der Waals surface area contributed by atoms with Gasteiger partial charge in [0.05, 0.1) is 12.5 Å². The van der Waals surface area contributed by atoms with Crippen LogP contribution in [0.25, 0.3) is 0 Å². The van der Waals surface area contributed by atoms with Gasteiger partial charge in [-0.3, -0.25) is 4.79 Å². The van der Waals surface area contributed by atoms with E-state index in [1.165, 1.54) is 5.56 Å². The van der Waals surface area contributed by atoms with E-state index in [0.29, 0.717) is 13.2 Å². The summed E-state index contributed by atoms with van der Waals surface area (Å²) in [5, 5.41) is 10.2. The first-order valence-electron chi connectivity index (χ1n) is 8.77. The summed E-state index contributed by atoms with van der Waals surface area (Å²) in [6.45, 7) is 8.81. The average Bonchev–Trinajstić information content (AvgIpc) is 2.57. The Labute approximate surface area is 144 Å². The minimum absolute atomic E-state index is 0.00420. The maximum Gasteiger partial charge on any atom is 0.309 e. The van der Waals surface area contributed by atoms with Crippen molar-refractivity contribution in [2.75, 3.05) is 32.8 Å². The van der Waals surface area contributed by atoms with Crippen molar-refractivity contribution in [2.45, 2.75) is 39.7 Å². The molecule has 1 unspecified atom stereocenters. The number of hydrogen-bond donors (Lipinski definition) is 1. The Hall–Kier alpha value is -1.59. The molecular weight excluding hydrogens is 306 g/mol. The second kappa shape index (κ2) is 9.04. The Bertz CT molecular complexity index is 538. The van der Waals surface area contributed by atoms with Gasteiger partial charge in [0.15, 0.2) is 0 Å². The van der Waals surface area contributed by atoms with E-state index in [1.54, 1.807) is 0 Å². The summed E-state index contributed by atoms with van der Waals surface area (Å²) < 4.78 is 10.8. The first kappa shape index (κ1) is 18.7. The van der Waals surface area contributed by atoms with Crippen molar-refractivity contribution in [3.8, 4) is 5.75 Å². The lowest BCUT2D eigenvalue weighted by molar-refractivity contribution is -0.149. The molecule has 24 heavy (non-hydrogen) atoms. The molecule has 1 atom stereocenters. The average molecular weight is 335 g/mol. The van der Waals surface area contributed by atoms with Crippen molar-refractivity contribution in [1.82, 2.24) is 4.90 Å². The molecule has 1 aliphatic rings. The molecule has 0 amide bonds. The number of esters is 1. The van der Waals surface area contributed by atoms with Crippen molar-refractivity contribution >= 4 is 5.97 Å². The molecule has 0 aliphatic carbocycles. The molecule has 1 aromatic carbocycles. The fraction of sp³-hybridized carbons (Fsp3) is 0.632. The minimum atomic E-state index is -0.538. The Morgan fingerprint density at radius 3 is 2.71 bits per heavy atom. The summed E-state index contributed by atoms with van der Waals surface area (Å²) >= 11 is 0. The normalized spacial score (nSPS) is 17.5. The predicted octanol–water partition coefficient (Wildman–Crippen LogP) is 2.32. The number of rotatable bonds is 7. The third-order valence-corrected chi connectivity index (χ3v) is 4.66. The number of β-amino-alcohol motifs (C(OH)–C–C–N with tert-alkyl or cyclic N) is 1. The number of piperidine rings is 1. The van der Waals surface area contributed by atoms with Crippen LogP contribution in [0.4, 0.5) is 0 Å². The van der Waals surface area contributed by atoms with Gasteiger partial charge in [-0.25, -0.2) is 0 Å². The number of ether oxygens (including phenoxy) is 2. The van der Waals surface area contributed by atoms with Crippen molar-refractivity contribution in [3.05, 3.63) is 29.3 Å². The van der Waals surface area contributed by atoms with Gasteiger partial charge in [-0.2, -0.15) is 0 Å². The zero-order chi connectivity index (χ0) is 17.5. The maximum absolute atomic E-state index is 11.7. The van der Waals surface area contributed by atoms with E-state index in [9.17, 15) is 9.90 Å². The fourth-order valence-electron chi connectivity index (χ4n) is 3.03. The topological polar surface area (TPSA) is 59.0 Å². The Morgan fingerprint density at radius 1 is 1.33 bits per heavy atom. The van der Waals surface area contributed by atoms with E-state index in [4.69, 9.17) is 9.47 Å². The van der Waals surface area contributed by atoms with E-state index in [1.807, 2.05) is 39.0 Å². The van der Waals surface area contributed by atoms with E-state index in [2.05, 4.69) is 4.90 Å². The maximum atomic E-state index is 11.7. The highest BCUT2D eigenvalue weighted by atomic mass is 16.5. The molecule has 5 nitrogen and oxygen atoms in total. The fourth-order valence-corrected chi connectivity index (χ4v) is 3.03. The number of aliphatic hydroxyl groups excluding tert-OH is 1. The van der Waals surface area contributed by atoms with Crippen LogP contribution < -0.4 is 4.74 Å². The van der Waals surface area contributed by atoms with Crippen LogP contribution >= 0.6 is 0 Å². The number of hydrogen-bond acceptors (Lipinski definition) is 5. The van der Waals surface area contributed by atoms with Gasteiger partial charge >= 0.3 is 5.97 Å². The number of likely N-dealkylation sites (tertiary alicyclic amines) is 1. The number of carbonyl (C=O) groups is 1. The first-order valence-corrected chi connectivity index (χ1v) is 8.77. The largest absolute Gasteiger partial charge is 0.491 e. The standard InChI is InChI=1S/C19H29NO4/c1-4-23-19(22)16-8-10-20(11-9-16)12-17(21)13-24-18-7-5-6-14(2)15(18)3/h5-7,16-17,21H,4,8-13H2,1-3H3. The molecule has 0 spiro atoms. The zero-order valence-electron chi connectivity index (χ0n) is 15.0. The smallest absolute Gasteiger partial charge is 0.309 e. The zero-order valence-corrected chi connectivity index (χ0v) is 15.0. The number of carbonyl (C=O) groups excluding carboxylic acids is 1. The second-order valence-corrected chi connectivity index (χ2v) is 6.49. The lowest BCUT2D eigenvalue weighted by Gasteiger charge is -2.32. The molecule has 1 N–H and O–H groups in total. The molecule has 5 heteroatoms. The molecule has 0 radical (unpaired) electrons. The molecule has 1 saturated heterocycles. The highest BCUT2D eigenvalue weighted by Crippen LogP contribution is 2.21. The molecule has 0 bridgehead atoms. The third kappa shape index (κ3) is 5.21. The van der Waals surface area contributed by atoms with Gasteiger partial charge in [0.2, 0.25) is 0 Å². The summed E-state index contributed by atoms with van der Waals surface area (Å²) in [4.78, 5) is 13.9. The van der Waals surface area contributed by atoms with Crippen LogP contribution in [0.5, 0.6) is 5.75 Å². The predicted molar refractivity (Wildman–Crippen MR) is 93.2 cm³/mol. The van der Waals surface area contributed by atoms with Gasteiger partial charge in [0, 0.05) is 6.54 Å². The van der Waals surface area contributed by atoms with Gasteiger partial charge in [0.1, 0.15) is 18.5 Å². The van der Waals surface area contributed by atoms with Crippen LogP contribution in [0.1, 0.15) is 30.9 Å². The van der Waals surface area contributed by atoms with Gasteiger partial charge in [-0.1, -0.05) is 12.1 Å². The molecule has 1 aromatic rings. The molecule has 134 valence electrons. The van der Waals surface area contributed by atoms with Gasteiger partial charge in [0.25, 0.3) is 0 Å². The van der Waals surface area contributed by atoms with Crippen LogP contribution in [-0.4, -0.2) is 54.9 Å². The first-order chi connectivity index (χ1) is 11.5. The summed E-state index contributed by atoms with van der Waals surface area (Å²) in [5.41, 5.74) is 2.29. The Morgan fingerprint density at radius 2 is 2.04 bits per heavy atom. The van der Waals surface area contributed by atoms with Crippen molar-refractivity contribution < 1.29 is 19.4 Å². The molecule has 1 heterocycles. The van der Waals surface area contributed by atoms with Crippen molar-refractivity contribution in [1.29, 1.82) is 0 Å². The lowest BCUT2D eigenvalue weighted by atomic mass is 9.97. The minimum Gasteiger partial charge on any atom is -0.491 e.